The summed E-state index contributed by atoms with van der Waals surface area (Å²) in [7, 11) is 2.13. The number of benzene rings is 2. The van der Waals surface area contributed by atoms with E-state index in [1.165, 1.54) is 48.4 Å². The van der Waals surface area contributed by atoms with Gasteiger partial charge in [-0.15, -0.1) is 0 Å². The first kappa shape index (κ1) is 14.6. The van der Waals surface area contributed by atoms with Gasteiger partial charge in [-0.25, -0.2) is 0 Å². The van der Waals surface area contributed by atoms with Crippen molar-refractivity contribution < 1.29 is 0 Å². The van der Waals surface area contributed by atoms with E-state index >= 15 is 0 Å². The van der Waals surface area contributed by atoms with E-state index < -0.39 is 0 Å². The van der Waals surface area contributed by atoms with Gasteiger partial charge in [0.1, 0.15) is 0 Å². The van der Waals surface area contributed by atoms with Crippen LogP contribution in [-0.4, -0.2) is 7.05 Å². The standard InChI is InChI=1S/C20H27N/c1-3-15-8-6-11-17(14-15)20(21-2)19-13-7-10-16-9-4-5-12-18(16)19/h4-5,7,9-10,12-13,15,17,20-21H,3,6,8,11,14H2,1-2H3. The van der Waals surface area contributed by atoms with Crippen molar-refractivity contribution in [3.05, 3.63) is 48.0 Å². The molecule has 0 aromatic heterocycles. The summed E-state index contributed by atoms with van der Waals surface area (Å²) in [6.07, 6.45) is 6.91. The number of hydrogen-bond donors (Lipinski definition) is 1. The van der Waals surface area contributed by atoms with Gasteiger partial charge in [-0.2, -0.15) is 0 Å². The van der Waals surface area contributed by atoms with Crippen molar-refractivity contribution >= 4 is 10.8 Å². The van der Waals surface area contributed by atoms with Gasteiger partial charge >= 0.3 is 0 Å². The summed E-state index contributed by atoms with van der Waals surface area (Å²) in [5.41, 5.74) is 1.48. The van der Waals surface area contributed by atoms with Crippen LogP contribution < -0.4 is 5.32 Å². The molecule has 0 bridgehead atoms. The van der Waals surface area contributed by atoms with Gasteiger partial charge in [-0.05, 0) is 48.1 Å². The fraction of sp³-hybridized carbons (Fsp3) is 0.500. The maximum atomic E-state index is 3.62. The van der Waals surface area contributed by atoms with Crippen molar-refractivity contribution in [3.8, 4) is 0 Å². The Kier molecular flexibility index (Phi) is 4.60. The monoisotopic (exact) mass is 281 g/mol. The Morgan fingerprint density at radius 1 is 1.10 bits per heavy atom. The van der Waals surface area contributed by atoms with Crippen LogP contribution in [0.2, 0.25) is 0 Å². The van der Waals surface area contributed by atoms with E-state index in [1.54, 1.807) is 0 Å². The highest BCUT2D eigenvalue weighted by Gasteiger charge is 2.28. The molecule has 1 aliphatic rings. The van der Waals surface area contributed by atoms with Gasteiger partial charge in [0.2, 0.25) is 0 Å². The van der Waals surface area contributed by atoms with Crippen LogP contribution in [-0.2, 0) is 0 Å². The first-order valence-corrected chi connectivity index (χ1v) is 8.48. The molecule has 1 aliphatic carbocycles. The Morgan fingerprint density at radius 3 is 2.71 bits per heavy atom. The fourth-order valence-electron chi connectivity index (χ4n) is 4.17. The van der Waals surface area contributed by atoms with E-state index in [9.17, 15) is 0 Å². The lowest BCUT2D eigenvalue weighted by atomic mass is 9.74. The van der Waals surface area contributed by atoms with E-state index in [4.69, 9.17) is 0 Å². The molecule has 0 heterocycles. The Hall–Kier alpha value is -1.34. The van der Waals surface area contributed by atoms with Gasteiger partial charge in [0.25, 0.3) is 0 Å². The van der Waals surface area contributed by atoms with Crippen molar-refractivity contribution in [3.63, 3.8) is 0 Å². The van der Waals surface area contributed by atoms with Gasteiger partial charge in [0.05, 0.1) is 0 Å². The van der Waals surface area contributed by atoms with Crippen LogP contribution in [0.3, 0.4) is 0 Å². The highest BCUT2D eigenvalue weighted by molar-refractivity contribution is 5.86. The predicted molar refractivity (Wildman–Crippen MR) is 91.5 cm³/mol. The summed E-state index contributed by atoms with van der Waals surface area (Å²) in [6, 6.07) is 16.0. The van der Waals surface area contributed by atoms with Gasteiger partial charge in [-0.1, -0.05) is 68.7 Å². The van der Waals surface area contributed by atoms with Crippen LogP contribution >= 0.6 is 0 Å². The zero-order valence-electron chi connectivity index (χ0n) is 13.3. The van der Waals surface area contributed by atoms with E-state index in [0.29, 0.717) is 6.04 Å². The second kappa shape index (κ2) is 6.62. The molecule has 0 saturated heterocycles. The summed E-state index contributed by atoms with van der Waals surface area (Å²) in [5, 5.41) is 6.40. The van der Waals surface area contributed by atoms with Crippen molar-refractivity contribution in [2.45, 2.75) is 45.1 Å². The van der Waals surface area contributed by atoms with Crippen molar-refractivity contribution in [2.75, 3.05) is 7.05 Å². The maximum absolute atomic E-state index is 3.62. The molecule has 0 amide bonds. The molecule has 0 aliphatic heterocycles. The van der Waals surface area contributed by atoms with E-state index in [1.807, 2.05) is 0 Å². The van der Waals surface area contributed by atoms with Crippen molar-refractivity contribution in [2.24, 2.45) is 11.8 Å². The lowest BCUT2D eigenvalue weighted by Crippen LogP contribution is -2.29. The summed E-state index contributed by atoms with van der Waals surface area (Å²) in [6.45, 7) is 2.35. The van der Waals surface area contributed by atoms with E-state index in [-0.39, 0.29) is 0 Å². The third-order valence-corrected chi connectivity index (χ3v) is 5.34. The third kappa shape index (κ3) is 2.98. The molecule has 0 spiro atoms. The topological polar surface area (TPSA) is 12.0 Å². The predicted octanol–water partition coefficient (Wildman–Crippen LogP) is 5.32. The lowest BCUT2D eigenvalue weighted by molar-refractivity contribution is 0.215. The minimum atomic E-state index is 0.491. The molecule has 3 rings (SSSR count). The van der Waals surface area contributed by atoms with Crippen LogP contribution in [0.4, 0.5) is 0 Å². The smallest absolute Gasteiger partial charge is 0.0352 e. The molecular weight excluding hydrogens is 254 g/mol. The molecule has 1 fully saturated rings. The zero-order chi connectivity index (χ0) is 14.7. The minimum absolute atomic E-state index is 0.491. The largest absolute Gasteiger partial charge is 0.313 e. The normalized spacial score (nSPS) is 24.1. The quantitative estimate of drug-likeness (QED) is 0.800. The average molecular weight is 281 g/mol. The third-order valence-electron chi connectivity index (χ3n) is 5.34. The molecule has 3 unspecified atom stereocenters. The van der Waals surface area contributed by atoms with Crippen LogP contribution in [0.15, 0.2) is 42.5 Å². The minimum Gasteiger partial charge on any atom is -0.313 e. The summed E-state index contributed by atoms with van der Waals surface area (Å²) in [4.78, 5) is 0. The Labute approximate surface area is 128 Å². The molecule has 1 saturated carbocycles. The van der Waals surface area contributed by atoms with Crippen molar-refractivity contribution in [1.29, 1.82) is 0 Å². The Bertz CT molecular complexity index is 584. The molecule has 1 N–H and O–H groups in total. The van der Waals surface area contributed by atoms with Crippen molar-refractivity contribution in [1.82, 2.24) is 5.32 Å². The van der Waals surface area contributed by atoms with Crippen LogP contribution in [0.25, 0.3) is 10.8 Å². The van der Waals surface area contributed by atoms with E-state index in [2.05, 4.69) is 61.8 Å². The fourth-order valence-corrected chi connectivity index (χ4v) is 4.17. The summed E-state index contributed by atoms with van der Waals surface area (Å²) >= 11 is 0. The number of rotatable bonds is 4. The molecule has 2 aromatic rings. The highest BCUT2D eigenvalue weighted by atomic mass is 14.9. The van der Waals surface area contributed by atoms with Crippen LogP contribution in [0.1, 0.15) is 50.6 Å². The Balaban J connectivity index is 1.94. The molecule has 2 aromatic carbocycles. The van der Waals surface area contributed by atoms with Crippen LogP contribution in [0.5, 0.6) is 0 Å². The average Bonchev–Trinajstić information content (AvgIpc) is 2.56. The summed E-state index contributed by atoms with van der Waals surface area (Å²) in [5.74, 6) is 1.70. The maximum Gasteiger partial charge on any atom is 0.0352 e. The molecule has 1 nitrogen and oxygen atoms in total. The highest BCUT2D eigenvalue weighted by Crippen LogP contribution is 2.39. The first-order valence-electron chi connectivity index (χ1n) is 8.48. The number of hydrogen-bond acceptors (Lipinski definition) is 1. The molecule has 3 atom stereocenters. The van der Waals surface area contributed by atoms with Gasteiger partial charge in [0, 0.05) is 6.04 Å². The molecular formula is C20H27N. The lowest BCUT2D eigenvalue weighted by Gasteiger charge is -2.35. The summed E-state index contributed by atoms with van der Waals surface area (Å²) < 4.78 is 0. The molecule has 21 heavy (non-hydrogen) atoms. The number of fused-ring (bicyclic) bond motifs is 1. The molecule has 112 valence electrons. The molecule has 1 heteroatoms. The molecule has 0 radical (unpaired) electrons. The first-order chi connectivity index (χ1) is 10.3. The van der Waals surface area contributed by atoms with Gasteiger partial charge in [0.15, 0.2) is 0 Å². The van der Waals surface area contributed by atoms with Gasteiger partial charge < -0.3 is 5.32 Å². The second-order valence-corrected chi connectivity index (χ2v) is 6.54. The second-order valence-electron chi connectivity index (χ2n) is 6.54. The number of nitrogens with one attached hydrogen (secondary N) is 1. The van der Waals surface area contributed by atoms with Gasteiger partial charge in [-0.3, -0.25) is 0 Å². The zero-order valence-corrected chi connectivity index (χ0v) is 13.3. The Morgan fingerprint density at radius 2 is 1.90 bits per heavy atom. The van der Waals surface area contributed by atoms with E-state index in [0.717, 1.165) is 11.8 Å². The van der Waals surface area contributed by atoms with Crippen LogP contribution in [0, 0.1) is 11.8 Å². The SMILES string of the molecule is CCC1CCCC(C(NC)c2cccc3ccccc23)C1.